The monoisotopic (exact) mass is 550 g/mol. The van der Waals surface area contributed by atoms with Crippen LogP contribution in [0.25, 0.3) is 61.3 Å². The van der Waals surface area contributed by atoms with Crippen LogP contribution in [0.2, 0.25) is 0 Å². The maximum atomic E-state index is 10.6. The van der Waals surface area contributed by atoms with E-state index in [0.717, 1.165) is 56.2 Å². The Hall–Kier alpha value is -5.84. The van der Waals surface area contributed by atoms with Crippen molar-refractivity contribution in [3.05, 3.63) is 138 Å². The molecule has 7 aromatic rings. The molecule has 1 unspecified atom stereocenters. The van der Waals surface area contributed by atoms with E-state index in [-0.39, 0.29) is 0 Å². The van der Waals surface area contributed by atoms with Gasteiger partial charge in [-0.2, -0.15) is 10.5 Å². The number of fused-ring (bicyclic) bond motifs is 6. The lowest BCUT2D eigenvalue weighted by Crippen LogP contribution is -2.07. The molecular weight excluding hydrogens is 524 g/mol. The summed E-state index contributed by atoms with van der Waals surface area (Å²) < 4.78 is 4.50. The van der Waals surface area contributed by atoms with E-state index in [1.807, 2.05) is 54.6 Å². The first kappa shape index (κ1) is 24.9. The predicted molar refractivity (Wildman–Crippen MR) is 175 cm³/mol. The number of para-hydroxylation sites is 4. The van der Waals surface area contributed by atoms with Crippen molar-refractivity contribution in [3.8, 4) is 34.6 Å². The summed E-state index contributed by atoms with van der Waals surface area (Å²) in [5, 5.41) is 24.4. The molecule has 8 rings (SSSR count). The number of rotatable bonds is 3. The lowest BCUT2D eigenvalue weighted by molar-refractivity contribution is 0.723. The first-order valence-electron chi connectivity index (χ1n) is 14.6. The van der Waals surface area contributed by atoms with E-state index in [9.17, 15) is 10.5 Å². The van der Waals surface area contributed by atoms with Crippen LogP contribution in [-0.2, 0) is 0 Å². The molecule has 4 heteroatoms. The number of nitriles is 2. The molecule has 0 N–H and O–H groups in total. The number of allylic oxidation sites excluding steroid dienone is 1. The van der Waals surface area contributed by atoms with Crippen molar-refractivity contribution in [2.75, 3.05) is 0 Å². The number of benzene rings is 5. The van der Waals surface area contributed by atoms with Gasteiger partial charge in [0.1, 0.15) is 6.07 Å². The SMILES string of the molecule is CC1CC=Cc2c1n(-c1ccc(-c3cccc(C#N)c3-n3c4ccccc4c4ccccc43)c(C#N)c1)c1ccccc21. The van der Waals surface area contributed by atoms with Crippen molar-refractivity contribution in [2.45, 2.75) is 19.3 Å². The van der Waals surface area contributed by atoms with Crippen molar-refractivity contribution in [1.82, 2.24) is 9.13 Å². The molecule has 0 saturated heterocycles. The van der Waals surface area contributed by atoms with E-state index < -0.39 is 0 Å². The molecule has 0 fully saturated rings. The van der Waals surface area contributed by atoms with Gasteiger partial charge in [-0.15, -0.1) is 0 Å². The zero-order chi connectivity index (χ0) is 29.1. The van der Waals surface area contributed by atoms with Crippen LogP contribution in [0.5, 0.6) is 0 Å². The van der Waals surface area contributed by atoms with E-state index >= 15 is 0 Å². The summed E-state index contributed by atoms with van der Waals surface area (Å²) in [6.45, 7) is 2.27. The molecule has 43 heavy (non-hydrogen) atoms. The van der Waals surface area contributed by atoms with Crippen LogP contribution in [0.4, 0.5) is 0 Å². The van der Waals surface area contributed by atoms with Crippen molar-refractivity contribution >= 4 is 38.8 Å². The van der Waals surface area contributed by atoms with Gasteiger partial charge in [-0.25, -0.2) is 0 Å². The molecular formula is C39H26N4. The van der Waals surface area contributed by atoms with Gasteiger partial charge < -0.3 is 9.13 Å². The number of hydrogen-bond acceptors (Lipinski definition) is 2. The van der Waals surface area contributed by atoms with Crippen molar-refractivity contribution in [2.24, 2.45) is 0 Å². The van der Waals surface area contributed by atoms with Crippen LogP contribution in [0.1, 0.15) is 41.6 Å². The molecule has 1 atom stereocenters. The van der Waals surface area contributed by atoms with Crippen molar-refractivity contribution < 1.29 is 0 Å². The molecule has 1 aliphatic rings. The zero-order valence-corrected chi connectivity index (χ0v) is 23.6. The highest BCUT2D eigenvalue weighted by Gasteiger charge is 2.25. The van der Waals surface area contributed by atoms with Crippen LogP contribution < -0.4 is 0 Å². The average molecular weight is 551 g/mol. The van der Waals surface area contributed by atoms with E-state index in [4.69, 9.17) is 0 Å². The average Bonchev–Trinajstić information content (AvgIpc) is 3.58. The molecule has 5 aromatic carbocycles. The highest BCUT2D eigenvalue weighted by Crippen LogP contribution is 2.42. The van der Waals surface area contributed by atoms with Crippen molar-refractivity contribution in [1.29, 1.82) is 10.5 Å². The van der Waals surface area contributed by atoms with Gasteiger partial charge in [0.15, 0.2) is 0 Å². The summed E-state index contributed by atoms with van der Waals surface area (Å²) >= 11 is 0. The summed E-state index contributed by atoms with van der Waals surface area (Å²) in [6.07, 6.45) is 5.47. The Kier molecular flexibility index (Phi) is 5.58. The summed E-state index contributed by atoms with van der Waals surface area (Å²) in [4.78, 5) is 0. The third-order valence-corrected chi connectivity index (χ3v) is 8.83. The fraction of sp³-hybridized carbons (Fsp3) is 0.0769. The topological polar surface area (TPSA) is 57.4 Å². The van der Waals surface area contributed by atoms with Crippen LogP contribution in [-0.4, -0.2) is 9.13 Å². The molecule has 0 bridgehead atoms. The van der Waals surface area contributed by atoms with Crippen LogP contribution in [0.15, 0.2) is 115 Å². The smallest absolute Gasteiger partial charge is 0.101 e. The van der Waals surface area contributed by atoms with Gasteiger partial charge in [0.25, 0.3) is 0 Å². The fourth-order valence-corrected chi connectivity index (χ4v) is 6.98. The van der Waals surface area contributed by atoms with E-state index in [2.05, 4.69) is 94.9 Å². The van der Waals surface area contributed by atoms with E-state index in [1.165, 1.54) is 16.6 Å². The second-order valence-corrected chi connectivity index (χ2v) is 11.2. The second-order valence-electron chi connectivity index (χ2n) is 11.2. The molecule has 0 aliphatic heterocycles. The predicted octanol–water partition coefficient (Wildman–Crippen LogP) is 9.66. The molecule has 1 aliphatic carbocycles. The van der Waals surface area contributed by atoms with Crippen LogP contribution in [0.3, 0.4) is 0 Å². The summed E-state index contributed by atoms with van der Waals surface area (Å²) in [7, 11) is 0. The Bertz CT molecular complexity index is 2310. The molecule has 202 valence electrons. The van der Waals surface area contributed by atoms with Crippen molar-refractivity contribution in [3.63, 3.8) is 0 Å². The van der Waals surface area contributed by atoms with E-state index in [0.29, 0.717) is 17.0 Å². The molecule has 0 amide bonds. The second kappa shape index (κ2) is 9.62. The Morgan fingerprint density at radius 1 is 0.628 bits per heavy atom. The summed E-state index contributed by atoms with van der Waals surface area (Å²) in [5.74, 6) is 0.354. The molecule has 2 heterocycles. The Balaban J connectivity index is 1.40. The highest BCUT2D eigenvalue weighted by atomic mass is 15.0. The molecule has 2 aromatic heterocycles. The summed E-state index contributed by atoms with van der Waals surface area (Å²) in [6, 6.07) is 42.0. The molecule has 4 nitrogen and oxygen atoms in total. The minimum Gasteiger partial charge on any atom is -0.313 e. The first-order valence-corrected chi connectivity index (χ1v) is 14.6. The lowest BCUT2D eigenvalue weighted by Gasteiger charge is -2.20. The maximum Gasteiger partial charge on any atom is 0.101 e. The number of aromatic nitrogens is 2. The quantitative estimate of drug-likeness (QED) is 0.220. The Labute approximate surface area is 249 Å². The molecule has 0 saturated carbocycles. The van der Waals surface area contributed by atoms with E-state index in [1.54, 1.807) is 0 Å². The largest absolute Gasteiger partial charge is 0.313 e. The Morgan fingerprint density at radius 3 is 1.93 bits per heavy atom. The minimum atomic E-state index is 0.354. The van der Waals surface area contributed by atoms with Gasteiger partial charge in [-0.05, 0) is 42.8 Å². The third kappa shape index (κ3) is 3.61. The van der Waals surface area contributed by atoms with Gasteiger partial charge >= 0.3 is 0 Å². The third-order valence-electron chi connectivity index (χ3n) is 8.83. The standard InChI is InChI=1S/C39H26N4/c1-25-10-8-15-34-32-14-4-5-17-35(32)42(38(25)34)28-20-21-29(27(22-28)24-41)33-16-9-11-26(23-40)39(33)43-36-18-6-2-12-30(36)31-13-3-7-19-37(31)43/h2-9,11-22,25H,10H2,1H3. The lowest BCUT2D eigenvalue weighted by atomic mass is 9.93. The maximum absolute atomic E-state index is 10.6. The summed E-state index contributed by atoms with van der Waals surface area (Å²) in [5.41, 5.74) is 10.3. The van der Waals surface area contributed by atoms with Gasteiger partial charge in [0.2, 0.25) is 0 Å². The normalized spacial score (nSPS) is 14.2. The number of nitrogens with zero attached hydrogens (tertiary/aromatic N) is 4. The van der Waals surface area contributed by atoms with Gasteiger partial charge in [-0.1, -0.05) is 91.9 Å². The highest BCUT2D eigenvalue weighted by molar-refractivity contribution is 6.10. The first-order chi connectivity index (χ1) is 21.2. The minimum absolute atomic E-state index is 0.354. The number of hydrogen-bond donors (Lipinski definition) is 0. The zero-order valence-electron chi connectivity index (χ0n) is 23.6. The van der Waals surface area contributed by atoms with Crippen LogP contribution in [0, 0.1) is 22.7 Å². The fourth-order valence-electron chi connectivity index (χ4n) is 6.98. The molecule has 0 spiro atoms. The molecule has 0 radical (unpaired) electrons. The van der Waals surface area contributed by atoms with Gasteiger partial charge in [0, 0.05) is 50.1 Å². The van der Waals surface area contributed by atoms with Crippen LogP contribution >= 0.6 is 0 Å². The van der Waals surface area contributed by atoms with Gasteiger partial charge in [0.05, 0.1) is 39.4 Å². The van der Waals surface area contributed by atoms with Gasteiger partial charge in [-0.3, -0.25) is 0 Å². The Morgan fingerprint density at radius 2 is 1.26 bits per heavy atom.